The van der Waals surface area contributed by atoms with E-state index in [0.29, 0.717) is 18.7 Å². The van der Waals surface area contributed by atoms with E-state index in [9.17, 15) is 9.59 Å². The van der Waals surface area contributed by atoms with Gasteiger partial charge in [-0.2, -0.15) is 0 Å². The molecule has 1 saturated heterocycles. The van der Waals surface area contributed by atoms with E-state index in [-0.39, 0.29) is 18.6 Å². The van der Waals surface area contributed by atoms with Crippen molar-refractivity contribution in [2.75, 3.05) is 13.2 Å². The predicted molar refractivity (Wildman–Crippen MR) is 81.6 cm³/mol. The Balaban J connectivity index is 1.89. The van der Waals surface area contributed by atoms with Crippen LogP contribution in [0.4, 0.5) is 0 Å². The van der Waals surface area contributed by atoms with Crippen molar-refractivity contribution in [3.63, 3.8) is 0 Å². The Morgan fingerprint density at radius 3 is 2.60 bits per heavy atom. The highest BCUT2D eigenvalue weighted by Crippen LogP contribution is 2.24. The van der Waals surface area contributed by atoms with Crippen molar-refractivity contribution in [3.05, 3.63) is 27.8 Å². The van der Waals surface area contributed by atoms with Crippen LogP contribution < -0.4 is 4.74 Å². The van der Waals surface area contributed by atoms with Gasteiger partial charge in [-0.25, -0.2) is 0 Å². The van der Waals surface area contributed by atoms with E-state index in [2.05, 4.69) is 22.6 Å². The third kappa shape index (κ3) is 3.41. The molecule has 1 aliphatic rings. The van der Waals surface area contributed by atoms with Crippen LogP contribution in [0, 0.1) is 9.49 Å². The molecular weight excluding hydrogens is 373 g/mol. The average Bonchev–Trinajstić information content (AvgIpc) is 2.80. The van der Waals surface area contributed by atoms with Crippen LogP contribution in [0.1, 0.15) is 13.3 Å². The molecule has 0 saturated carbocycles. The molecule has 0 aliphatic carbocycles. The normalized spacial score (nSPS) is 21.8. The summed E-state index contributed by atoms with van der Waals surface area (Å²) in [7, 11) is 0. The number of carbonyl (C=O) groups excluding carboxylic acids is 1. The van der Waals surface area contributed by atoms with Crippen LogP contribution in [0.5, 0.6) is 5.75 Å². The van der Waals surface area contributed by atoms with Gasteiger partial charge in [-0.05, 0) is 60.2 Å². The summed E-state index contributed by atoms with van der Waals surface area (Å²) in [6.07, 6.45) is 0.506. The summed E-state index contributed by atoms with van der Waals surface area (Å²) in [6.45, 7) is 2.19. The number of benzene rings is 1. The third-order valence-electron chi connectivity index (χ3n) is 3.57. The number of ether oxygens (including phenoxy) is 1. The van der Waals surface area contributed by atoms with Crippen LogP contribution in [0.2, 0.25) is 0 Å². The van der Waals surface area contributed by atoms with Crippen molar-refractivity contribution in [1.29, 1.82) is 0 Å². The minimum absolute atomic E-state index is 0.0583. The number of halogens is 1. The Morgan fingerprint density at radius 2 is 2.05 bits per heavy atom. The van der Waals surface area contributed by atoms with Gasteiger partial charge in [0.1, 0.15) is 5.75 Å². The fourth-order valence-corrected chi connectivity index (χ4v) is 2.74. The summed E-state index contributed by atoms with van der Waals surface area (Å²) in [5.41, 5.74) is 0. The van der Waals surface area contributed by atoms with Gasteiger partial charge in [0.15, 0.2) is 6.61 Å². The fourth-order valence-electron chi connectivity index (χ4n) is 2.38. The molecule has 2 rings (SSSR count). The molecule has 2 atom stereocenters. The smallest absolute Gasteiger partial charge is 0.308 e. The summed E-state index contributed by atoms with van der Waals surface area (Å²) >= 11 is 2.19. The lowest BCUT2D eigenvalue weighted by atomic mass is 10.0. The molecule has 5 nitrogen and oxygen atoms in total. The molecular formula is C14H16INO4. The number of carboxylic acids is 1. The van der Waals surface area contributed by atoms with Gasteiger partial charge in [0.05, 0.1) is 5.92 Å². The van der Waals surface area contributed by atoms with Crippen LogP contribution in [0.3, 0.4) is 0 Å². The summed E-state index contributed by atoms with van der Waals surface area (Å²) in [5.74, 6) is -0.844. The predicted octanol–water partition coefficient (Wildman–Crippen LogP) is 1.99. The van der Waals surface area contributed by atoms with E-state index in [4.69, 9.17) is 9.84 Å². The zero-order valence-corrected chi connectivity index (χ0v) is 13.2. The standard InChI is InChI=1S/C14H16INO4/c1-9-12(14(18)19)6-7-16(9)13(17)8-20-11-4-2-10(15)3-5-11/h2-5,9,12H,6-8H2,1H3,(H,18,19). The molecule has 1 aromatic rings. The van der Waals surface area contributed by atoms with E-state index < -0.39 is 11.9 Å². The molecule has 6 heteroatoms. The number of rotatable bonds is 4. The van der Waals surface area contributed by atoms with E-state index >= 15 is 0 Å². The van der Waals surface area contributed by atoms with Gasteiger partial charge in [0, 0.05) is 16.2 Å². The molecule has 20 heavy (non-hydrogen) atoms. The SMILES string of the molecule is CC1C(C(=O)O)CCN1C(=O)COc1ccc(I)cc1. The Bertz CT molecular complexity index is 502. The van der Waals surface area contributed by atoms with Crippen molar-refractivity contribution in [2.45, 2.75) is 19.4 Å². The maximum absolute atomic E-state index is 12.1. The van der Waals surface area contributed by atoms with Gasteiger partial charge in [-0.1, -0.05) is 0 Å². The topological polar surface area (TPSA) is 66.8 Å². The zero-order valence-electron chi connectivity index (χ0n) is 11.1. The van der Waals surface area contributed by atoms with Gasteiger partial charge in [0.25, 0.3) is 5.91 Å². The second-order valence-corrected chi connectivity index (χ2v) is 6.05. The molecule has 1 heterocycles. The third-order valence-corrected chi connectivity index (χ3v) is 4.29. The molecule has 0 radical (unpaired) electrons. The van der Waals surface area contributed by atoms with Crippen molar-refractivity contribution in [2.24, 2.45) is 5.92 Å². The first kappa shape index (κ1) is 15.1. The first-order chi connectivity index (χ1) is 9.49. The van der Waals surface area contributed by atoms with Crippen LogP contribution in [-0.4, -0.2) is 41.1 Å². The molecule has 0 aromatic heterocycles. The Morgan fingerprint density at radius 1 is 1.40 bits per heavy atom. The molecule has 0 bridgehead atoms. The fraction of sp³-hybridized carbons (Fsp3) is 0.429. The minimum Gasteiger partial charge on any atom is -0.484 e. The van der Waals surface area contributed by atoms with E-state index in [1.54, 1.807) is 11.8 Å². The maximum Gasteiger partial charge on any atom is 0.308 e. The quantitative estimate of drug-likeness (QED) is 0.801. The molecule has 1 aromatic carbocycles. The van der Waals surface area contributed by atoms with E-state index in [1.807, 2.05) is 24.3 Å². The largest absolute Gasteiger partial charge is 0.484 e. The second kappa shape index (κ2) is 6.43. The highest BCUT2D eigenvalue weighted by Gasteiger charge is 2.38. The van der Waals surface area contributed by atoms with Crippen molar-refractivity contribution in [3.8, 4) is 5.75 Å². The number of aliphatic carboxylic acids is 1. The lowest BCUT2D eigenvalue weighted by molar-refractivity contribution is -0.143. The van der Waals surface area contributed by atoms with Crippen LogP contribution in [0.25, 0.3) is 0 Å². The first-order valence-corrected chi connectivity index (χ1v) is 7.47. The molecule has 1 aliphatic heterocycles. The summed E-state index contributed by atoms with van der Waals surface area (Å²) < 4.78 is 6.53. The lowest BCUT2D eigenvalue weighted by Crippen LogP contribution is -2.40. The van der Waals surface area contributed by atoms with Gasteiger partial charge in [0.2, 0.25) is 0 Å². The van der Waals surface area contributed by atoms with Crippen LogP contribution >= 0.6 is 22.6 Å². The number of hydrogen-bond acceptors (Lipinski definition) is 3. The molecule has 1 fully saturated rings. The summed E-state index contributed by atoms with van der Waals surface area (Å²) in [6, 6.07) is 7.14. The molecule has 2 unspecified atom stereocenters. The van der Waals surface area contributed by atoms with E-state index in [1.165, 1.54) is 0 Å². The monoisotopic (exact) mass is 389 g/mol. The number of nitrogens with zero attached hydrogens (tertiary/aromatic N) is 1. The molecule has 0 spiro atoms. The highest BCUT2D eigenvalue weighted by atomic mass is 127. The van der Waals surface area contributed by atoms with Crippen LogP contribution in [-0.2, 0) is 9.59 Å². The minimum atomic E-state index is -0.841. The first-order valence-electron chi connectivity index (χ1n) is 6.39. The molecule has 108 valence electrons. The Hall–Kier alpha value is -1.31. The number of carboxylic acid groups (broad SMARTS) is 1. The van der Waals surface area contributed by atoms with Gasteiger partial charge in [-0.3, -0.25) is 9.59 Å². The van der Waals surface area contributed by atoms with Crippen LogP contribution in [0.15, 0.2) is 24.3 Å². The number of hydrogen-bond donors (Lipinski definition) is 1. The lowest BCUT2D eigenvalue weighted by Gasteiger charge is -2.23. The van der Waals surface area contributed by atoms with Crippen molar-refractivity contribution < 1.29 is 19.4 Å². The van der Waals surface area contributed by atoms with Crippen molar-refractivity contribution >= 4 is 34.5 Å². The Labute approximate surface area is 131 Å². The summed E-state index contributed by atoms with van der Waals surface area (Å²) in [5, 5.41) is 9.05. The van der Waals surface area contributed by atoms with Gasteiger partial charge < -0.3 is 14.7 Å². The number of likely N-dealkylation sites (tertiary alicyclic amines) is 1. The number of amides is 1. The second-order valence-electron chi connectivity index (χ2n) is 4.80. The van der Waals surface area contributed by atoms with Crippen molar-refractivity contribution in [1.82, 2.24) is 4.90 Å². The zero-order chi connectivity index (χ0) is 14.7. The van der Waals surface area contributed by atoms with Gasteiger partial charge >= 0.3 is 5.97 Å². The van der Waals surface area contributed by atoms with Gasteiger partial charge in [-0.15, -0.1) is 0 Å². The average molecular weight is 389 g/mol. The molecule has 1 amide bonds. The number of carbonyl (C=O) groups is 2. The molecule has 1 N–H and O–H groups in total. The maximum atomic E-state index is 12.1. The Kier molecular flexibility index (Phi) is 4.85. The van der Waals surface area contributed by atoms with E-state index in [0.717, 1.165) is 3.57 Å². The summed E-state index contributed by atoms with van der Waals surface area (Å²) in [4.78, 5) is 24.7. The highest BCUT2D eigenvalue weighted by molar-refractivity contribution is 14.1.